The standard InChI is InChI=1S/C12H24NPSi/c1-12(2,3)13-14(4,5)10-8-7-9-11(10)15(13)6/h7-9,11,14-15H,1-6H3. The molecule has 1 fully saturated rings. The van der Waals surface area contributed by atoms with E-state index in [4.69, 9.17) is 0 Å². The van der Waals surface area contributed by atoms with Gasteiger partial charge in [-0.1, -0.05) is 0 Å². The van der Waals surface area contributed by atoms with Crippen LogP contribution < -0.4 is 0 Å². The van der Waals surface area contributed by atoms with Gasteiger partial charge < -0.3 is 0 Å². The van der Waals surface area contributed by atoms with Gasteiger partial charge in [0.2, 0.25) is 0 Å². The van der Waals surface area contributed by atoms with Gasteiger partial charge in [0.05, 0.1) is 0 Å². The number of allylic oxidation sites excluding steroid dienone is 4. The van der Waals surface area contributed by atoms with Crippen molar-refractivity contribution in [3.63, 3.8) is 0 Å². The SMILES string of the molecule is C[SiH]1C2C=CC=C2[PH](C)(C)N1C(C)(C)C. The van der Waals surface area contributed by atoms with Crippen LogP contribution in [0.15, 0.2) is 23.5 Å². The monoisotopic (exact) mass is 241 g/mol. The molecule has 15 heavy (non-hydrogen) atoms. The minimum atomic E-state index is -1.30. The first-order chi connectivity index (χ1) is 6.76. The molecule has 1 aliphatic carbocycles. The van der Waals surface area contributed by atoms with Crippen LogP contribution in [0.4, 0.5) is 0 Å². The van der Waals surface area contributed by atoms with Gasteiger partial charge in [-0.15, -0.1) is 0 Å². The van der Waals surface area contributed by atoms with E-state index in [-0.39, 0.29) is 0 Å². The average molecular weight is 241 g/mol. The molecule has 0 radical (unpaired) electrons. The number of rotatable bonds is 0. The van der Waals surface area contributed by atoms with Crippen LogP contribution in [-0.4, -0.2) is 32.2 Å². The second-order valence-corrected chi connectivity index (χ2v) is 13.8. The van der Waals surface area contributed by atoms with Crippen molar-refractivity contribution in [2.24, 2.45) is 0 Å². The molecule has 3 heteroatoms. The summed E-state index contributed by atoms with van der Waals surface area (Å²) < 4.78 is 2.93. The summed E-state index contributed by atoms with van der Waals surface area (Å²) >= 11 is 0. The fourth-order valence-electron chi connectivity index (χ4n) is 3.78. The van der Waals surface area contributed by atoms with E-state index in [0.29, 0.717) is 5.54 Å². The van der Waals surface area contributed by atoms with Crippen molar-refractivity contribution < 1.29 is 0 Å². The van der Waals surface area contributed by atoms with Crippen LogP contribution in [0.3, 0.4) is 0 Å². The minimum absolute atomic E-state index is 0.361. The molecule has 0 spiro atoms. The zero-order valence-corrected chi connectivity index (χ0v) is 13.0. The molecular formula is C12H24NPSi. The Morgan fingerprint density at radius 2 is 1.93 bits per heavy atom. The van der Waals surface area contributed by atoms with E-state index in [1.165, 1.54) is 0 Å². The van der Waals surface area contributed by atoms with Crippen LogP contribution in [-0.2, 0) is 0 Å². The Morgan fingerprint density at radius 3 is 2.40 bits per heavy atom. The Balaban J connectivity index is 2.44. The van der Waals surface area contributed by atoms with Gasteiger partial charge in [-0.3, -0.25) is 0 Å². The van der Waals surface area contributed by atoms with Crippen LogP contribution >= 0.6 is 7.41 Å². The summed E-state index contributed by atoms with van der Waals surface area (Å²) in [5.41, 5.74) is 1.20. The van der Waals surface area contributed by atoms with Crippen LogP contribution in [0.5, 0.6) is 0 Å². The van der Waals surface area contributed by atoms with E-state index in [0.717, 1.165) is 5.54 Å². The maximum absolute atomic E-state index is 2.93. The summed E-state index contributed by atoms with van der Waals surface area (Å²) in [5.74, 6) is 0. The van der Waals surface area contributed by atoms with Gasteiger partial charge in [-0.25, -0.2) is 0 Å². The Kier molecular flexibility index (Phi) is 2.54. The van der Waals surface area contributed by atoms with Crippen LogP contribution in [0.2, 0.25) is 12.1 Å². The van der Waals surface area contributed by atoms with Gasteiger partial charge in [-0.2, -0.15) is 0 Å². The second-order valence-electron chi connectivity index (χ2n) is 6.37. The normalized spacial score (nSPS) is 36.5. The van der Waals surface area contributed by atoms with E-state index in [1.807, 2.05) is 0 Å². The predicted octanol–water partition coefficient (Wildman–Crippen LogP) is 3.20. The quantitative estimate of drug-likeness (QED) is 0.465. The maximum atomic E-state index is 2.93. The Hall–Kier alpha value is 0.0869. The fraction of sp³-hybridized carbons (Fsp3) is 0.667. The molecule has 2 aliphatic rings. The third-order valence-corrected chi connectivity index (χ3v) is 14.4. The molecule has 86 valence electrons. The molecule has 2 rings (SSSR count). The van der Waals surface area contributed by atoms with Crippen molar-refractivity contribution in [1.82, 2.24) is 4.34 Å². The predicted molar refractivity (Wildman–Crippen MR) is 75.7 cm³/mol. The summed E-state index contributed by atoms with van der Waals surface area (Å²) in [6.07, 6.45) is 7.15. The van der Waals surface area contributed by atoms with Crippen LogP contribution in [0.25, 0.3) is 0 Å². The van der Waals surface area contributed by atoms with Gasteiger partial charge in [-0.05, 0) is 0 Å². The summed E-state index contributed by atoms with van der Waals surface area (Å²) in [6.45, 7) is 14.7. The Bertz CT molecular complexity index is 338. The van der Waals surface area contributed by atoms with E-state index in [9.17, 15) is 0 Å². The van der Waals surface area contributed by atoms with Gasteiger partial charge in [0.25, 0.3) is 0 Å². The third kappa shape index (κ3) is 1.58. The van der Waals surface area contributed by atoms with Crippen molar-refractivity contribution in [3.05, 3.63) is 23.5 Å². The first-order valence-electron chi connectivity index (χ1n) is 5.94. The van der Waals surface area contributed by atoms with Crippen molar-refractivity contribution in [3.8, 4) is 0 Å². The summed E-state index contributed by atoms with van der Waals surface area (Å²) in [6, 6.07) is 0. The molecule has 0 aromatic carbocycles. The average Bonchev–Trinajstić information content (AvgIpc) is 2.52. The Morgan fingerprint density at radius 1 is 1.33 bits per heavy atom. The summed E-state index contributed by atoms with van der Waals surface area (Å²) in [5, 5.41) is 1.79. The van der Waals surface area contributed by atoms with Gasteiger partial charge in [0.1, 0.15) is 0 Å². The van der Waals surface area contributed by atoms with Crippen LogP contribution in [0.1, 0.15) is 20.8 Å². The molecule has 1 saturated heterocycles. The van der Waals surface area contributed by atoms with Gasteiger partial charge in [0, 0.05) is 0 Å². The van der Waals surface area contributed by atoms with E-state index < -0.39 is 16.4 Å². The number of hydrogen-bond acceptors (Lipinski definition) is 1. The Labute approximate surface area is 96.3 Å². The zero-order valence-electron chi connectivity index (χ0n) is 10.8. The number of nitrogens with zero attached hydrogens (tertiary/aromatic N) is 1. The summed E-state index contributed by atoms with van der Waals surface area (Å²) in [7, 11) is -2.09. The van der Waals surface area contributed by atoms with Crippen molar-refractivity contribution in [2.45, 2.75) is 38.4 Å². The topological polar surface area (TPSA) is 3.24 Å². The zero-order chi connectivity index (χ0) is 11.4. The van der Waals surface area contributed by atoms with Crippen LogP contribution in [0, 0.1) is 0 Å². The molecule has 0 N–H and O–H groups in total. The van der Waals surface area contributed by atoms with E-state index >= 15 is 0 Å². The molecule has 0 amide bonds. The molecule has 2 unspecified atom stereocenters. The van der Waals surface area contributed by atoms with Crippen molar-refractivity contribution in [1.29, 1.82) is 0 Å². The molecule has 1 nitrogen and oxygen atoms in total. The summed E-state index contributed by atoms with van der Waals surface area (Å²) in [4.78, 5) is 0. The van der Waals surface area contributed by atoms with Crippen molar-refractivity contribution >= 4 is 16.4 Å². The van der Waals surface area contributed by atoms with E-state index in [1.54, 1.807) is 5.31 Å². The van der Waals surface area contributed by atoms with Gasteiger partial charge >= 0.3 is 96.0 Å². The second kappa shape index (κ2) is 3.29. The molecular weight excluding hydrogens is 217 g/mol. The number of fused-ring (bicyclic) bond motifs is 1. The third-order valence-electron chi connectivity index (χ3n) is 3.91. The first kappa shape index (κ1) is 11.6. The van der Waals surface area contributed by atoms with E-state index in [2.05, 4.69) is 63.2 Å². The molecule has 0 saturated carbocycles. The molecule has 0 aromatic heterocycles. The van der Waals surface area contributed by atoms with Crippen molar-refractivity contribution in [2.75, 3.05) is 13.3 Å². The molecule has 1 heterocycles. The molecule has 1 aliphatic heterocycles. The molecule has 2 atom stereocenters. The first-order valence-corrected chi connectivity index (χ1v) is 11.2. The van der Waals surface area contributed by atoms with Gasteiger partial charge in [0.15, 0.2) is 0 Å². The fourth-order valence-corrected chi connectivity index (χ4v) is 16.7. The molecule has 0 bridgehead atoms. The molecule has 0 aromatic rings. The number of hydrogen-bond donors (Lipinski definition) is 0.